The highest BCUT2D eigenvalue weighted by Crippen LogP contribution is 2.27. The highest BCUT2D eigenvalue weighted by molar-refractivity contribution is 8.00. The van der Waals surface area contributed by atoms with E-state index in [1.54, 1.807) is 4.57 Å². The number of ether oxygens (including phenoxy) is 1. The predicted molar refractivity (Wildman–Crippen MR) is 124 cm³/mol. The van der Waals surface area contributed by atoms with Gasteiger partial charge in [0, 0.05) is 13.1 Å². The van der Waals surface area contributed by atoms with Crippen molar-refractivity contribution in [2.75, 3.05) is 26.3 Å². The summed E-state index contributed by atoms with van der Waals surface area (Å²) >= 11 is 1.35. The van der Waals surface area contributed by atoms with Crippen molar-refractivity contribution < 1.29 is 9.53 Å². The topological polar surface area (TPSA) is 81.7 Å². The first kappa shape index (κ1) is 20.7. The van der Waals surface area contributed by atoms with E-state index in [1.807, 2.05) is 71.7 Å². The van der Waals surface area contributed by atoms with Gasteiger partial charge in [0.1, 0.15) is 0 Å². The lowest BCUT2D eigenvalue weighted by Crippen LogP contribution is -2.44. The van der Waals surface area contributed by atoms with Gasteiger partial charge in [0.05, 0.1) is 35.1 Å². The first-order valence-corrected chi connectivity index (χ1v) is 11.4. The molecule has 2 aromatic heterocycles. The quantitative estimate of drug-likeness (QED) is 0.446. The number of aryl methyl sites for hydroxylation is 1. The van der Waals surface area contributed by atoms with Gasteiger partial charge in [-0.05, 0) is 37.6 Å². The molecule has 0 spiro atoms. The summed E-state index contributed by atoms with van der Waals surface area (Å²) in [6.07, 6.45) is 0. The maximum Gasteiger partial charge on any atom is 0.267 e. The average molecular weight is 450 g/mol. The first-order valence-electron chi connectivity index (χ1n) is 10.5. The zero-order valence-corrected chi connectivity index (χ0v) is 18.7. The Balaban J connectivity index is 1.65. The van der Waals surface area contributed by atoms with Crippen molar-refractivity contribution in [2.24, 2.45) is 0 Å². The lowest BCUT2D eigenvalue weighted by molar-refractivity contribution is -0.134. The Hall–Kier alpha value is -3.17. The monoisotopic (exact) mass is 449 g/mol. The van der Waals surface area contributed by atoms with Crippen LogP contribution >= 0.6 is 11.8 Å². The zero-order valence-electron chi connectivity index (χ0n) is 17.9. The second-order valence-electron chi connectivity index (χ2n) is 7.76. The molecule has 1 atom stereocenters. The number of amides is 1. The van der Waals surface area contributed by atoms with Gasteiger partial charge >= 0.3 is 0 Å². The summed E-state index contributed by atoms with van der Waals surface area (Å²) in [6.45, 7) is 6.15. The Morgan fingerprint density at radius 2 is 1.78 bits per heavy atom. The largest absolute Gasteiger partial charge is 0.378 e. The fourth-order valence-corrected chi connectivity index (χ4v) is 4.98. The molecule has 0 radical (unpaired) electrons. The molecule has 0 saturated carbocycles. The molecule has 1 saturated heterocycles. The number of aromatic nitrogens is 4. The first-order chi connectivity index (χ1) is 15.6. The van der Waals surface area contributed by atoms with Gasteiger partial charge < -0.3 is 9.64 Å². The highest BCUT2D eigenvalue weighted by Gasteiger charge is 2.26. The van der Waals surface area contributed by atoms with E-state index in [-0.39, 0.29) is 16.7 Å². The van der Waals surface area contributed by atoms with Gasteiger partial charge in [0.2, 0.25) is 11.7 Å². The molecule has 4 aromatic rings. The van der Waals surface area contributed by atoms with Crippen LogP contribution in [0.5, 0.6) is 0 Å². The third kappa shape index (κ3) is 3.47. The van der Waals surface area contributed by atoms with E-state index in [1.165, 1.54) is 11.8 Å². The summed E-state index contributed by atoms with van der Waals surface area (Å²) in [5, 5.41) is 9.57. The number of rotatable bonds is 4. The van der Waals surface area contributed by atoms with Crippen molar-refractivity contribution in [1.29, 1.82) is 0 Å². The molecule has 1 aliphatic rings. The second kappa shape index (κ2) is 8.40. The number of morpholine rings is 1. The van der Waals surface area contributed by atoms with Crippen LogP contribution in [0.1, 0.15) is 12.5 Å². The van der Waals surface area contributed by atoms with Gasteiger partial charge in [-0.2, -0.15) is 0 Å². The number of benzene rings is 2. The van der Waals surface area contributed by atoms with E-state index in [0.717, 1.165) is 16.8 Å². The van der Waals surface area contributed by atoms with Crippen LogP contribution in [0.25, 0.3) is 22.4 Å². The van der Waals surface area contributed by atoms with Crippen LogP contribution in [-0.2, 0) is 9.53 Å². The number of fused-ring (bicyclic) bond motifs is 3. The maximum atomic E-state index is 13.4. The van der Waals surface area contributed by atoms with Gasteiger partial charge in [0.15, 0.2) is 5.16 Å². The summed E-state index contributed by atoms with van der Waals surface area (Å²) in [6, 6.07) is 15.1. The van der Waals surface area contributed by atoms with Crippen LogP contribution in [-0.4, -0.2) is 61.5 Å². The minimum Gasteiger partial charge on any atom is -0.378 e. The van der Waals surface area contributed by atoms with Crippen molar-refractivity contribution >= 4 is 34.3 Å². The number of hydrogen-bond donors (Lipinski definition) is 0. The van der Waals surface area contributed by atoms with E-state index in [9.17, 15) is 9.59 Å². The van der Waals surface area contributed by atoms with Gasteiger partial charge in [0.25, 0.3) is 5.56 Å². The molecule has 1 unspecified atom stereocenters. The van der Waals surface area contributed by atoms with Gasteiger partial charge in [-0.1, -0.05) is 42.1 Å². The zero-order chi connectivity index (χ0) is 22.2. The molecule has 0 bridgehead atoms. The van der Waals surface area contributed by atoms with E-state index >= 15 is 0 Å². The van der Waals surface area contributed by atoms with Crippen molar-refractivity contribution in [2.45, 2.75) is 24.3 Å². The van der Waals surface area contributed by atoms with Gasteiger partial charge in [-0.3, -0.25) is 14.0 Å². The number of thioether (sulfide) groups is 1. The molecule has 32 heavy (non-hydrogen) atoms. The minimum absolute atomic E-state index is 0.0478. The number of hydrogen-bond acceptors (Lipinski definition) is 6. The molecule has 164 valence electrons. The van der Waals surface area contributed by atoms with Crippen LogP contribution in [0.4, 0.5) is 0 Å². The highest BCUT2D eigenvalue weighted by atomic mass is 32.2. The third-order valence-corrected chi connectivity index (χ3v) is 6.73. The van der Waals surface area contributed by atoms with Gasteiger partial charge in [-0.15, -0.1) is 10.2 Å². The molecule has 8 nitrogen and oxygen atoms in total. The van der Waals surface area contributed by atoms with Crippen LogP contribution in [0.15, 0.2) is 58.5 Å². The average Bonchev–Trinajstić information content (AvgIpc) is 3.23. The standard InChI is InChI=1S/C23H23N5O3S/c1-15-7-3-5-9-18(15)27-21(30)17-8-4-6-10-19(17)28-22(27)24-25-23(28)32-16(2)20(29)26-11-13-31-14-12-26/h3-10,16H,11-14H2,1-2H3. The Bertz CT molecular complexity index is 1370. The molecule has 1 amide bonds. The predicted octanol–water partition coefficient (Wildman–Crippen LogP) is 2.68. The van der Waals surface area contributed by atoms with Crippen LogP contribution in [0.3, 0.4) is 0 Å². The fourth-order valence-electron chi connectivity index (χ4n) is 4.04. The number of carbonyl (C=O) groups is 1. The summed E-state index contributed by atoms with van der Waals surface area (Å²) < 4.78 is 8.83. The number of nitrogens with zero attached hydrogens (tertiary/aromatic N) is 5. The van der Waals surface area contributed by atoms with Crippen molar-refractivity contribution in [3.63, 3.8) is 0 Å². The Morgan fingerprint density at radius 1 is 1.06 bits per heavy atom. The lowest BCUT2D eigenvalue weighted by atomic mass is 10.2. The van der Waals surface area contributed by atoms with Crippen LogP contribution < -0.4 is 5.56 Å². The SMILES string of the molecule is Cc1ccccc1-n1c(=O)c2ccccc2n2c(SC(C)C(=O)N3CCOCC3)nnc12. The maximum absolute atomic E-state index is 13.4. The summed E-state index contributed by atoms with van der Waals surface area (Å²) in [5.74, 6) is 0.475. The van der Waals surface area contributed by atoms with Crippen LogP contribution in [0, 0.1) is 6.92 Å². The third-order valence-electron chi connectivity index (χ3n) is 5.70. The normalized spacial score (nSPS) is 15.4. The smallest absolute Gasteiger partial charge is 0.267 e. The molecule has 1 aliphatic heterocycles. The summed E-state index contributed by atoms with van der Waals surface area (Å²) in [5.41, 5.74) is 2.29. The minimum atomic E-state index is -0.349. The second-order valence-corrected chi connectivity index (χ2v) is 9.07. The molecule has 5 rings (SSSR count). The molecule has 2 aromatic carbocycles. The fraction of sp³-hybridized carbons (Fsp3) is 0.304. The molecular formula is C23H23N5O3S. The molecule has 9 heteroatoms. The van der Waals surface area contributed by atoms with Crippen molar-refractivity contribution in [1.82, 2.24) is 24.1 Å². The molecule has 3 heterocycles. The van der Waals surface area contributed by atoms with E-state index in [4.69, 9.17) is 4.74 Å². The van der Waals surface area contributed by atoms with Crippen molar-refractivity contribution in [3.05, 3.63) is 64.4 Å². The van der Waals surface area contributed by atoms with Crippen molar-refractivity contribution in [3.8, 4) is 5.69 Å². The molecular weight excluding hydrogens is 426 g/mol. The van der Waals surface area contributed by atoms with Gasteiger partial charge in [-0.25, -0.2) is 4.57 Å². The van der Waals surface area contributed by atoms with E-state index in [2.05, 4.69) is 10.2 Å². The van der Waals surface area contributed by atoms with E-state index in [0.29, 0.717) is 42.6 Å². The molecule has 0 N–H and O–H groups in total. The lowest BCUT2D eigenvalue weighted by Gasteiger charge is -2.28. The molecule has 0 aliphatic carbocycles. The summed E-state index contributed by atoms with van der Waals surface area (Å²) in [4.78, 5) is 28.2. The van der Waals surface area contributed by atoms with E-state index < -0.39 is 0 Å². The summed E-state index contributed by atoms with van der Waals surface area (Å²) in [7, 11) is 0. The van der Waals surface area contributed by atoms with Crippen LogP contribution in [0.2, 0.25) is 0 Å². The Morgan fingerprint density at radius 3 is 2.56 bits per heavy atom. The number of para-hydroxylation sites is 2. The Kier molecular flexibility index (Phi) is 5.44. The number of carbonyl (C=O) groups excluding carboxylic acids is 1. The molecule has 1 fully saturated rings. The Labute approximate surface area is 188 Å².